The van der Waals surface area contributed by atoms with Gasteiger partial charge < -0.3 is 10.0 Å². The molecule has 4 nitrogen and oxygen atoms in total. The maximum absolute atomic E-state index is 13.5. The summed E-state index contributed by atoms with van der Waals surface area (Å²) >= 11 is 0. The van der Waals surface area contributed by atoms with E-state index in [9.17, 15) is 17.9 Å². The van der Waals surface area contributed by atoms with Crippen molar-refractivity contribution in [2.75, 3.05) is 24.2 Å². The van der Waals surface area contributed by atoms with Gasteiger partial charge in [0.15, 0.2) is 9.84 Å². The third-order valence-electron chi connectivity index (χ3n) is 4.44. The molecule has 2 aromatic carbocycles. The summed E-state index contributed by atoms with van der Waals surface area (Å²) in [6.45, 7) is 2.71. The summed E-state index contributed by atoms with van der Waals surface area (Å²) in [6.07, 6.45) is 1.97. The maximum Gasteiger partial charge on any atom is 0.175 e. The SMILES string of the molecule is CC(O)(CN1CCc2ccc(F)cc21)c1ccc(S(C)(=O)=O)cc1. The van der Waals surface area contributed by atoms with Crippen LogP contribution in [0.1, 0.15) is 18.1 Å². The molecule has 0 aliphatic carbocycles. The van der Waals surface area contributed by atoms with E-state index in [1.807, 2.05) is 4.90 Å². The van der Waals surface area contributed by atoms with Crippen molar-refractivity contribution in [3.8, 4) is 0 Å². The van der Waals surface area contributed by atoms with Crippen molar-refractivity contribution >= 4 is 15.5 Å². The van der Waals surface area contributed by atoms with Crippen molar-refractivity contribution in [2.45, 2.75) is 23.8 Å². The lowest BCUT2D eigenvalue weighted by molar-refractivity contribution is 0.0648. The molecular formula is C18H20FNO3S. The first-order chi connectivity index (χ1) is 11.2. The fourth-order valence-corrected chi connectivity index (χ4v) is 3.74. The number of aliphatic hydroxyl groups is 1. The first-order valence-electron chi connectivity index (χ1n) is 7.73. The molecule has 2 aromatic rings. The average molecular weight is 349 g/mol. The Labute approximate surface area is 141 Å². The molecule has 0 amide bonds. The van der Waals surface area contributed by atoms with Crippen LogP contribution in [-0.4, -0.2) is 32.9 Å². The predicted molar refractivity (Wildman–Crippen MR) is 91.4 cm³/mol. The van der Waals surface area contributed by atoms with E-state index in [1.54, 1.807) is 25.1 Å². The molecule has 0 radical (unpaired) electrons. The standard InChI is InChI=1S/C18H20FNO3S/c1-18(21,14-4-7-16(8-5-14)24(2,22)23)12-20-10-9-13-3-6-15(19)11-17(13)20/h3-8,11,21H,9-10,12H2,1-2H3. The number of benzene rings is 2. The van der Waals surface area contributed by atoms with E-state index in [4.69, 9.17) is 0 Å². The molecule has 1 N–H and O–H groups in total. The minimum Gasteiger partial charge on any atom is -0.384 e. The van der Waals surface area contributed by atoms with Crippen molar-refractivity contribution in [1.29, 1.82) is 0 Å². The summed E-state index contributed by atoms with van der Waals surface area (Å²) < 4.78 is 36.6. The highest BCUT2D eigenvalue weighted by molar-refractivity contribution is 7.90. The molecule has 1 heterocycles. The number of anilines is 1. The van der Waals surface area contributed by atoms with E-state index in [1.165, 1.54) is 24.3 Å². The molecule has 1 aliphatic heterocycles. The summed E-state index contributed by atoms with van der Waals surface area (Å²) in [5.41, 5.74) is 1.33. The Bertz CT molecular complexity index is 860. The third-order valence-corrected chi connectivity index (χ3v) is 5.57. The largest absolute Gasteiger partial charge is 0.384 e. The minimum atomic E-state index is -3.27. The molecule has 6 heteroatoms. The van der Waals surface area contributed by atoms with Gasteiger partial charge in [0.25, 0.3) is 0 Å². The number of hydrogen-bond donors (Lipinski definition) is 1. The van der Waals surface area contributed by atoms with Crippen LogP contribution in [0.15, 0.2) is 47.4 Å². The van der Waals surface area contributed by atoms with Gasteiger partial charge in [-0.05, 0) is 48.7 Å². The van der Waals surface area contributed by atoms with Crippen LogP contribution in [0.5, 0.6) is 0 Å². The molecule has 0 bridgehead atoms. The Balaban J connectivity index is 1.84. The number of fused-ring (bicyclic) bond motifs is 1. The Morgan fingerprint density at radius 3 is 2.50 bits per heavy atom. The lowest BCUT2D eigenvalue weighted by Crippen LogP contribution is -2.38. The van der Waals surface area contributed by atoms with Crippen LogP contribution in [0.25, 0.3) is 0 Å². The van der Waals surface area contributed by atoms with Crippen LogP contribution in [0.3, 0.4) is 0 Å². The molecule has 0 saturated heterocycles. The van der Waals surface area contributed by atoms with Gasteiger partial charge in [-0.1, -0.05) is 18.2 Å². The van der Waals surface area contributed by atoms with Crippen LogP contribution in [0.2, 0.25) is 0 Å². The highest BCUT2D eigenvalue weighted by Gasteiger charge is 2.30. The molecule has 0 fully saturated rings. The molecule has 3 rings (SSSR count). The Morgan fingerprint density at radius 1 is 1.21 bits per heavy atom. The van der Waals surface area contributed by atoms with E-state index < -0.39 is 15.4 Å². The molecule has 0 saturated carbocycles. The monoisotopic (exact) mass is 349 g/mol. The quantitative estimate of drug-likeness (QED) is 0.921. The van der Waals surface area contributed by atoms with E-state index in [0.29, 0.717) is 12.1 Å². The zero-order valence-electron chi connectivity index (χ0n) is 13.7. The molecular weight excluding hydrogens is 329 g/mol. The van der Waals surface area contributed by atoms with Crippen LogP contribution in [0, 0.1) is 5.82 Å². The van der Waals surface area contributed by atoms with Gasteiger partial charge in [0.2, 0.25) is 0 Å². The number of rotatable bonds is 4. The highest BCUT2D eigenvalue weighted by atomic mass is 32.2. The first kappa shape index (κ1) is 16.9. The second-order valence-electron chi connectivity index (χ2n) is 6.51. The van der Waals surface area contributed by atoms with Gasteiger partial charge in [-0.25, -0.2) is 12.8 Å². The molecule has 1 aliphatic rings. The van der Waals surface area contributed by atoms with Gasteiger partial charge in [-0.3, -0.25) is 0 Å². The second-order valence-corrected chi connectivity index (χ2v) is 8.53. The van der Waals surface area contributed by atoms with Crippen molar-refractivity contribution in [2.24, 2.45) is 0 Å². The molecule has 1 atom stereocenters. The fraction of sp³-hybridized carbons (Fsp3) is 0.333. The van der Waals surface area contributed by atoms with E-state index >= 15 is 0 Å². The van der Waals surface area contributed by atoms with Crippen LogP contribution >= 0.6 is 0 Å². The predicted octanol–water partition coefficient (Wildman–Crippen LogP) is 2.50. The number of halogens is 1. The Kier molecular flexibility index (Phi) is 4.13. The van der Waals surface area contributed by atoms with E-state index in [-0.39, 0.29) is 10.7 Å². The molecule has 24 heavy (non-hydrogen) atoms. The summed E-state index contributed by atoms with van der Waals surface area (Å²) in [4.78, 5) is 2.18. The normalized spacial score (nSPS) is 16.8. The number of nitrogens with zero attached hydrogens (tertiary/aromatic N) is 1. The number of sulfone groups is 1. The van der Waals surface area contributed by atoms with Crippen molar-refractivity contribution in [1.82, 2.24) is 0 Å². The minimum absolute atomic E-state index is 0.218. The van der Waals surface area contributed by atoms with E-state index in [2.05, 4.69) is 0 Å². The average Bonchev–Trinajstić information content (AvgIpc) is 2.88. The smallest absolute Gasteiger partial charge is 0.175 e. The lowest BCUT2D eigenvalue weighted by Gasteiger charge is -2.31. The number of β-amino-alcohol motifs (C(OH)–C–C–N with tert-alkyl or cyclic N) is 1. The Morgan fingerprint density at radius 2 is 1.88 bits per heavy atom. The van der Waals surface area contributed by atoms with Gasteiger partial charge in [-0.15, -0.1) is 0 Å². The number of hydrogen-bond acceptors (Lipinski definition) is 4. The zero-order valence-corrected chi connectivity index (χ0v) is 14.5. The van der Waals surface area contributed by atoms with Crippen LogP contribution < -0.4 is 4.90 Å². The molecule has 1 unspecified atom stereocenters. The first-order valence-corrected chi connectivity index (χ1v) is 9.62. The van der Waals surface area contributed by atoms with Gasteiger partial charge in [0.05, 0.1) is 11.4 Å². The summed E-state index contributed by atoms with van der Waals surface area (Å²) in [6, 6.07) is 11.0. The highest BCUT2D eigenvalue weighted by Crippen LogP contribution is 2.32. The molecule has 0 aromatic heterocycles. The second kappa shape index (κ2) is 5.86. The fourth-order valence-electron chi connectivity index (χ4n) is 3.11. The Hall–Kier alpha value is -1.92. The maximum atomic E-state index is 13.5. The zero-order chi connectivity index (χ0) is 17.5. The third kappa shape index (κ3) is 3.30. The van der Waals surface area contributed by atoms with Crippen molar-refractivity contribution in [3.05, 3.63) is 59.4 Å². The van der Waals surface area contributed by atoms with Crippen LogP contribution in [-0.2, 0) is 21.9 Å². The molecule has 128 valence electrons. The van der Waals surface area contributed by atoms with Gasteiger partial charge in [0, 0.05) is 18.5 Å². The molecule has 0 spiro atoms. The van der Waals surface area contributed by atoms with Gasteiger partial charge >= 0.3 is 0 Å². The topological polar surface area (TPSA) is 57.6 Å². The summed E-state index contributed by atoms with van der Waals surface area (Å²) in [5.74, 6) is -0.294. The van der Waals surface area contributed by atoms with Crippen molar-refractivity contribution < 1.29 is 17.9 Å². The summed E-state index contributed by atoms with van der Waals surface area (Å²) in [7, 11) is -3.27. The lowest BCUT2D eigenvalue weighted by atomic mass is 9.95. The summed E-state index contributed by atoms with van der Waals surface area (Å²) in [5, 5.41) is 10.8. The van der Waals surface area contributed by atoms with Crippen molar-refractivity contribution in [3.63, 3.8) is 0 Å². The van der Waals surface area contributed by atoms with Gasteiger partial charge in [0.1, 0.15) is 11.4 Å². The van der Waals surface area contributed by atoms with Gasteiger partial charge in [-0.2, -0.15) is 0 Å². The van der Waals surface area contributed by atoms with Crippen LogP contribution in [0.4, 0.5) is 10.1 Å². The van der Waals surface area contributed by atoms with E-state index in [0.717, 1.165) is 30.5 Å².